The van der Waals surface area contributed by atoms with E-state index in [4.69, 9.17) is 18.9 Å². The number of hydrogen-bond acceptors (Lipinski definition) is 7. The van der Waals surface area contributed by atoms with Crippen LogP contribution in [0, 0.1) is 0 Å². The second kappa shape index (κ2) is 59.4. The number of likely N-dealkylation sites (N-methyl/N-ethyl adjacent to an activating group) is 1. The number of carbonyl (C=O) groups is 3. The van der Waals surface area contributed by atoms with E-state index >= 15 is 0 Å². The molecule has 0 rings (SSSR count). The summed E-state index contributed by atoms with van der Waals surface area (Å²) in [5, 5.41) is 9.71. The fourth-order valence-electron chi connectivity index (χ4n) is 9.60. The molecule has 450 valence electrons. The summed E-state index contributed by atoms with van der Waals surface area (Å²) in [6.07, 6.45) is 72.4. The zero-order valence-corrected chi connectivity index (χ0v) is 51.4. The number of unbranched alkanes of at least 4 members (excludes halogenated alkanes) is 38. The Morgan fingerprint density at radius 3 is 1.10 bits per heavy atom. The van der Waals surface area contributed by atoms with Crippen molar-refractivity contribution in [3.63, 3.8) is 0 Å². The van der Waals surface area contributed by atoms with Gasteiger partial charge in [0, 0.05) is 12.8 Å². The first-order chi connectivity index (χ1) is 37.6. The number of ether oxygens (including phenoxy) is 4. The Bertz CT molecular complexity index is 1400. The quantitative estimate of drug-likeness (QED) is 0.0211. The molecule has 0 saturated heterocycles. The maximum Gasteiger partial charge on any atom is 0.361 e. The van der Waals surface area contributed by atoms with E-state index < -0.39 is 24.3 Å². The predicted molar refractivity (Wildman–Crippen MR) is 327 cm³/mol. The molecular formula is C68H126NO8+. The lowest BCUT2D eigenvalue weighted by Crippen LogP contribution is -2.40. The molecule has 0 amide bonds. The molecule has 9 heteroatoms. The number of nitrogens with zero attached hydrogens (tertiary/aromatic N) is 1. The topological polar surface area (TPSA) is 108 Å². The number of aliphatic carboxylic acids is 1. The van der Waals surface area contributed by atoms with Crippen LogP contribution in [0.5, 0.6) is 0 Å². The van der Waals surface area contributed by atoms with Crippen LogP contribution in [0.15, 0.2) is 48.6 Å². The number of carbonyl (C=O) groups excluding carboxylic acids is 2. The minimum absolute atomic E-state index is 0.182. The number of rotatable bonds is 61. The van der Waals surface area contributed by atoms with Gasteiger partial charge in [-0.05, 0) is 51.4 Å². The van der Waals surface area contributed by atoms with Crippen LogP contribution < -0.4 is 0 Å². The van der Waals surface area contributed by atoms with Crippen LogP contribution in [0.2, 0.25) is 0 Å². The van der Waals surface area contributed by atoms with Gasteiger partial charge in [-0.1, -0.05) is 294 Å². The van der Waals surface area contributed by atoms with Gasteiger partial charge in [-0.3, -0.25) is 9.59 Å². The van der Waals surface area contributed by atoms with Gasteiger partial charge in [0.05, 0.1) is 34.4 Å². The van der Waals surface area contributed by atoms with E-state index in [1.54, 1.807) is 0 Å². The third kappa shape index (κ3) is 60.7. The van der Waals surface area contributed by atoms with Gasteiger partial charge in [0.25, 0.3) is 6.29 Å². The smallest absolute Gasteiger partial charge is 0.361 e. The van der Waals surface area contributed by atoms with E-state index in [1.807, 2.05) is 21.1 Å². The van der Waals surface area contributed by atoms with Gasteiger partial charge in [0.1, 0.15) is 13.2 Å². The van der Waals surface area contributed by atoms with Crippen LogP contribution in [-0.4, -0.2) is 87.4 Å². The highest BCUT2D eigenvalue weighted by Crippen LogP contribution is 2.18. The SMILES string of the molecule is CC/C=C\C/C=C\C/C=C\C/C=C\CCCCCCC(=O)OC(COC(=O)CCCCCCCCCCCCCCCCCCCCCCCCCCCCCCCCCCCCC)COC(OCC[N+](C)(C)C)C(=O)O. The van der Waals surface area contributed by atoms with Crippen LogP contribution in [0.25, 0.3) is 0 Å². The van der Waals surface area contributed by atoms with Crippen LogP contribution in [0.3, 0.4) is 0 Å². The van der Waals surface area contributed by atoms with Gasteiger partial charge in [0.2, 0.25) is 0 Å². The minimum atomic E-state index is -1.52. The first-order valence-electron chi connectivity index (χ1n) is 32.8. The predicted octanol–water partition coefficient (Wildman–Crippen LogP) is 19.8. The normalized spacial score (nSPS) is 13.0. The lowest BCUT2D eigenvalue weighted by molar-refractivity contribution is -0.870. The van der Waals surface area contributed by atoms with Crippen molar-refractivity contribution in [2.24, 2.45) is 0 Å². The van der Waals surface area contributed by atoms with E-state index in [-0.39, 0.29) is 32.2 Å². The van der Waals surface area contributed by atoms with Crippen molar-refractivity contribution in [1.82, 2.24) is 0 Å². The van der Waals surface area contributed by atoms with Crippen molar-refractivity contribution in [2.45, 2.75) is 322 Å². The van der Waals surface area contributed by atoms with Crippen molar-refractivity contribution in [3.8, 4) is 0 Å². The molecular weight excluding hydrogens is 959 g/mol. The Labute approximate surface area is 476 Å². The summed E-state index contributed by atoms with van der Waals surface area (Å²) in [5.74, 6) is -2.02. The van der Waals surface area contributed by atoms with Crippen LogP contribution in [0.4, 0.5) is 0 Å². The highest BCUT2D eigenvalue weighted by atomic mass is 16.7. The van der Waals surface area contributed by atoms with E-state index in [1.165, 1.54) is 205 Å². The highest BCUT2D eigenvalue weighted by molar-refractivity contribution is 5.71. The number of carboxylic acids is 1. The molecule has 1 N–H and O–H groups in total. The largest absolute Gasteiger partial charge is 0.477 e. The maximum absolute atomic E-state index is 12.9. The lowest BCUT2D eigenvalue weighted by Gasteiger charge is -2.25. The summed E-state index contributed by atoms with van der Waals surface area (Å²) in [4.78, 5) is 37.4. The van der Waals surface area contributed by atoms with Crippen LogP contribution >= 0.6 is 0 Å². The van der Waals surface area contributed by atoms with Crippen molar-refractivity contribution >= 4 is 17.9 Å². The van der Waals surface area contributed by atoms with Gasteiger partial charge in [0.15, 0.2) is 6.10 Å². The molecule has 2 unspecified atom stereocenters. The molecule has 0 aromatic rings. The average molecular weight is 1090 g/mol. The molecule has 0 spiro atoms. The van der Waals surface area contributed by atoms with Crippen molar-refractivity contribution < 1.29 is 42.9 Å². The number of hydrogen-bond donors (Lipinski definition) is 1. The molecule has 9 nitrogen and oxygen atoms in total. The maximum atomic E-state index is 12.9. The average Bonchev–Trinajstić information content (AvgIpc) is 3.40. The summed E-state index contributed by atoms with van der Waals surface area (Å²) in [5.41, 5.74) is 0. The van der Waals surface area contributed by atoms with E-state index in [0.29, 0.717) is 23.9 Å². The molecule has 0 saturated carbocycles. The molecule has 2 atom stereocenters. The summed E-state index contributed by atoms with van der Waals surface area (Å²) in [6, 6.07) is 0. The summed E-state index contributed by atoms with van der Waals surface area (Å²) < 4.78 is 22.9. The fourth-order valence-corrected chi connectivity index (χ4v) is 9.60. The molecule has 0 aliphatic heterocycles. The lowest BCUT2D eigenvalue weighted by atomic mass is 10.0. The third-order valence-electron chi connectivity index (χ3n) is 14.6. The Balaban J connectivity index is 4.01. The molecule has 0 aromatic heterocycles. The van der Waals surface area contributed by atoms with Crippen LogP contribution in [-0.2, 0) is 33.3 Å². The second-order valence-electron chi connectivity index (χ2n) is 23.4. The third-order valence-corrected chi connectivity index (χ3v) is 14.6. The zero-order chi connectivity index (χ0) is 56.2. The van der Waals surface area contributed by atoms with Crippen molar-refractivity contribution in [2.75, 3.05) is 47.5 Å². The van der Waals surface area contributed by atoms with Gasteiger partial charge < -0.3 is 28.5 Å². The Morgan fingerprint density at radius 2 is 0.740 bits per heavy atom. The zero-order valence-electron chi connectivity index (χ0n) is 51.4. The molecule has 0 aliphatic carbocycles. The molecule has 0 aliphatic rings. The van der Waals surface area contributed by atoms with Crippen molar-refractivity contribution in [1.29, 1.82) is 0 Å². The van der Waals surface area contributed by atoms with Gasteiger partial charge in [-0.15, -0.1) is 0 Å². The summed E-state index contributed by atoms with van der Waals surface area (Å²) in [6.45, 7) is 4.77. The highest BCUT2D eigenvalue weighted by Gasteiger charge is 2.25. The first kappa shape index (κ1) is 74.2. The standard InChI is InChI=1S/C68H125NO8/c1-6-8-10-12-14-16-18-20-22-24-25-26-27-28-29-30-31-32-33-34-35-36-37-38-39-40-41-43-44-46-48-50-52-54-56-58-65(70)75-62-64(63-76-68(67(72)73)74-61-60-69(3,4)5)77-66(71)59-57-55-53-51-49-47-45-42-23-21-19-17-15-13-11-9-7-2/h9,11,15,17,21,23,45,47,64,68H,6-8,10,12-14,16,18-20,22,24-44,46,48-63H2,1-5H3/p+1/b11-9-,17-15-,23-21-,47-45-. The molecule has 0 radical (unpaired) electrons. The number of allylic oxidation sites excluding steroid dienone is 8. The summed E-state index contributed by atoms with van der Waals surface area (Å²) >= 11 is 0. The minimum Gasteiger partial charge on any atom is -0.477 e. The van der Waals surface area contributed by atoms with Crippen molar-refractivity contribution in [3.05, 3.63) is 48.6 Å². The first-order valence-corrected chi connectivity index (χ1v) is 32.8. The Hall–Kier alpha value is -2.75. The number of carboxylic acid groups (broad SMARTS) is 1. The fraction of sp³-hybridized carbons (Fsp3) is 0.838. The second-order valence-corrected chi connectivity index (χ2v) is 23.4. The van der Waals surface area contributed by atoms with Gasteiger partial charge >= 0.3 is 17.9 Å². The monoisotopic (exact) mass is 1080 g/mol. The van der Waals surface area contributed by atoms with E-state index in [2.05, 4.69) is 62.5 Å². The van der Waals surface area contributed by atoms with E-state index in [0.717, 1.165) is 70.6 Å². The van der Waals surface area contributed by atoms with Gasteiger partial charge in [-0.25, -0.2) is 4.79 Å². The molecule has 0 heterocycles. The molecule has 0 bridgehead atoms. The molecule has 77 heavy (non-hydrogen) atoms. The Kier molecular flexibility index (Phi) is 57.3. The van der Waals surface area contributed by atoms with E-state index in [9.17, 15) is 19.5 Å². The number of quaternary nitrogens is 1. The number of esters is 2. The molecule has 0 aromatic carbocycles. The Morgan fingerprint density at radius 1 is 0.403 bits per heavy atom. The van der Waals surface area contributed by atoms with Gasteiger partial charge in [-0.2, -0.15) is 0 Å². The molecule has 0 fully saturated rings. The summed E-state index contributed by atoms with van der Waals surface area (Å²) in [7, 11) is 5.97. The van der Waals surface area contributed by atoms with Crippen LogP contribution in [0.1, 0.15) is 309 Å².